The lowest BCUT2D eigenvalue weighted by Crippen LogP contribution is -2.36. The van der Waals surface area contributed by atoms with Crippen LogP contribution in [0.4, 0.5) is 10.5 Å². The molecule has 1 aromatic rings. The molecule has 0 bridgehead atoms. The molecule has 3 heterocycles. The van der Waals surface area contributed by atoms with Gasteiger partial charge in [0.1, 0.15) is 5.60 Å². The van der Waals surface area contributed by atoms with Gasteiger partial charge in [0.25, 0.3) is 5.56 Å². The maximum atomic E-state index is 12.5. The number of fused-ring (bicyclic) bond motifs is 2. The number of hydrogen-bond donors (Lipinski definition) is 3. The Bertz CT molecular complexity index is 1460. The molecule has 3 aliphatic rings. The summed E-state index contributed by atoms with van der Waals surface area (Å²) in [5.74, 6) is -0.595. The molecule has 0 radical (unpaired) electrons. The third kappa shape index (κ3) is 6.92. The highest BCUT2D eigenvalue weighted by Crippen LogP contribution is 2.29. The number of nitrogens with zero attached hydrogens (tertiary/aromatic N) is 4. The Hall–Kier alpha value is -3.96. The van der Waals surface area contributed by atoms with Crippen molar-refractivity contribution >= 4 is 28.8 Å². The number of aryl methyl sites for hydroxylation is 2. The number of carbonyl (C=O) groups excluding carboxylic acids is 1. The van der Waals surface area contributed by atoms with Gasteiger partial charge in [-0.15, -0.1) is 0 Å². The molecule has 0 aromatic heterocycles. The van der Waals surface area contributed by atoms with Crippen LogP contribution in [0.1, 0.15) is 64.9 Å². The zero-order valence-electron chi connectivity index (χ0n) is 22.9. The number of amides is 1. The van der Waals surface area contributed by atoms with Crippen LogP contribution < -0.4 is 16.6 Å². The summed E-state index contributed by atoms with van der Waals surface area (Å²) in [6.07, 6.45) is 3.42. The van der Waals surface area contributed by atoms with Crippen molar-refractivity contribution in [2.24, 2.45) is 0 Å². The molecule has 0 saturated carbocycles. The van der Waals surface area contributed by atoms with E-state index < -0.39 is 22.8 Å². The molecule has 12 heteroatoms. The number of aliphatic carboxylic acids is 1. The number of rotatable bonds is 9. The molecule has 4 rings (SSSR count). The largest absolute Gasteiger partial charge is 0.481 e. The number of unbranched alkanes of at least 4 members (excludes halogenated alkanes) is 3. The third-order valence-corrected chi connectivity index (χ3v) is 6.68. The van der Waals surface area contributed by atoms with Gasteiger partial charge in [-0.1, -0.05) is 12.8 Å². The lowest BCUT2D eigenvalue weighted by Gasteiger charge is -2.25. The van der Waals surface area contributed by atoms with Gasteiger partial charge in [0.05, 0.1) is 11.0 Å². The Morgan fingerprint density at radius 2 is 1.90 bits per heavy atom. The minimum Gasteiger partial charge on any atom is -0.481 e. The maximum Gasteiger partial charge on any atom is 0.410 e. The van der Waals surface area contributed by atoms with E-state index in [1.54, 1.807) is 4.90 Å². The number of nitrogens with one attached hydrogen (secondary N) is 2. The Morgan fingerprint density at radius 1 is 1.15 bits per heavy atom. The van der Waals surface area contributed by atoms with E-state index in [-0.39, 0.29) is 30.1 Å². The number of likely N-dealkylation sites (tertiary alicyclic amines) is 1. The Kier molecular flexibility index (Phi) is 8.22. The Morgan fingerprint density at radius 3 is 2.62 bits per heavy atom. The highest BCUT2D eigenvalue weighted by molar-refractivity contribution is 5.84. The number of H-pyrrole nitrogens is 1. The first kappa shape index (κ1) is 28.1. The highest BCUT2D eigenvalue weighted by Gasteiger charge is 2.30. The lowest BCUT2D eigenvalue weighted by atomic mass is 10.1. The van der Waals surface area contributed by atoms with Crippen LogP contribution >= 0.6 is 0 Å². The third-order valence-electron chi connectivity index (χ3n) is 6.68. The first-order chi connectivity index (χ1) is 18.4. The quantitative estimate of drug-likeness (QED) is 0.273. The molecular formula is C27H36N6O6. The second kappa shape index (κ2) is 11.4. The van der Waals surface area contributed by atoms with Gasteiger partial charge < -0.3 is 24.6 Å². The predicted octanol–water partition coefficient (Wildman–Crippen LogP) is 3.35. The van der Waals surface area contributed by atoms with E-state index in [0.717, 1.165) is 36.0 Å². The minimum absolute atomic E-state index is 0.0268. The normalized spacial score (nSPS) is 15.7. The van der Waals surface area contributed by atoms with Crippen LogP contribution in [0.2, 0.25) is 0 Å². The van der Waals surface area contributed by atoms with Crippen LogP contribution in [0.25, 0.3) is 22.6 Å². The predicted molar refractivity (Wildman–Crippen MR) is 146 cm³/mol. The molecule has 1 aromatic carbocycles. The number of carboxylic acids is 1. The second-order valence-electron chi connectivity index (χ2n) is 11.1. The molecule has 0 spiro atoms. The molecular weight excluding hydrogens is 504 g/mol. The van der Waals surface area contributed by atoms with E-state index in [1.165, 1.54) is 0 Å². The summed E-state index contributed by atoms with van der Waals surface area (Å²) in [4.78, 5) is 60.4. The first-order valence-electron chi connectivity index (χ1n) is 13.3. The molecule has 210 valence electrons. The summed E-state index contributed by atoms with van der Waals surface area (Å²) in [6, 6.07) is 3.87. The van der Waals surface area contributed by atoms with Crippen molar-refractivity contribution in [1.82, 2.24) is 24.4 Å². The smallest absolute Gasteiger partial charge is 0.410 e. The van der Waals surface area contributed by atoms with Crippen molar-refractivity contribution in [3.63, 3.8) is 0 Å². The molecule has 1 atom stereocenters. The van der Waals surface area contributed by atoms with Crippen LogP contribution in [-0.4, -0.2) is 66.3 Å². The van der Waals surface area contributed by atoms with E-state index in [2.05, 4.69) is 20.3 Å². The molecule has 3 aliphatic heterocycles. The molecule has 12 nitrogen and oxygen atoms in total. The van der Waals surface area contributed by atoms with Crippen molar-refractivity contribution in [2.45, 2.75) is 84.4 Å². The minimum atomic E-state index is -0.811. The average Bonchev–Trinajstić information content (AvgIpc) is 3.29. The Balaban J connectivity index is 1.61. The zero-order valence-corrected chi connectivity index (χ0v) is 22.9. The van der Waals surface area contributed by atoms with Crippen LogP contribution in [0.15, 0.2) is 21.7 Å². The van der Waals surface area contributed by atoms with Crippen molar-refractivity contribution < 1.29 is 19.4 Å². The van der Waals surface area contributed by atoms with E-state index in [9.17, 15) is 19.2 Å². The number of ether oxygens (including phenoxy) is 1. The summed E-state index contributed by atoms with van der Waals surface area (Å²) < 4.78 is 7.35. The van der Waals surface area contributed by atoms with E-state index in [1.807, 2.05) is 44.4 Å². The number of aromatic nitrogens is 4. The molecule has 39 heavy (non-hydrogen) atoms. The maximum absolute atomic E-state index is 12.5. The van der Waals surface area contributed by atoms with Gasteiger partial charge in [-0.2, -0.15) is 4.98 Å². The summed E-state index contributed by atoms with van der Waals surface area (Å²) in [5, 5.41) is 12.4. The fourth-order valence-electron chi connectivity index (χ4n) is 4.82. The number of hydrogen-bond acceptors (Lipinski definition) is 8. The van der Waals surface area contributed by atoms with Crippen molar-refractivity contribution in [2.75, 3.05) is 18.4 Å². The van der Waals surface area contributed by atoms with E-state index in [4.69, 9.17) is 9.84 Å². The van der Waals surface area contributed by atoms with Gasteiger partial charge in [-0.05, 0) is 64.7 Å². The SMILES string of the molecule is Cc1cc2nc3c(=O)[nH]c(=O)nc-3n(CCCCCCC(=O)O)c2cc1NC1CCN(C(=O)OC(C)(C)C)C1. The van der Waals surface area contributed by atoms with Gasteiger partial charge in [-0.25, -0.2) is 14.6 Å². The zero-order chi connectivity index (χ0) is 28.3. The van der Waals surface area contributed by atoms with Gasteiger partial charge >= 0.3 is 17.8 Å². The summed E-state index contributed by atoms with van der Waals surface area (Å²) in [5.41, 5.74) is 1.33. The van der Waals surface area contributed by atoms with Crippen LogP contribution in [0, 0.1) is 6.92 Å². The fourth-order valence-corrected chi connectivity index (χ4v) is 4.82. The van der Waals surface area contributed by atoms with Crippen LogP contribution in [0.3, 0.4) is 0 Å². The topological polar surface area (TPSA) is 160 Å². The van der Waals surface area contributed by atoms with Crippen LogP contribution in [-0.2, 0) is 16.1 Å². The standard InChI is InChI=1S/C27H36N6O6/c1-16-13-19-20(14-18(16)28-17-10-12-32(15-17)26(38)39-27(2,3)4)33(11-8-6-5-7-9-21(34)35)23-22(29-19)24(36)31-25(37)30-23/h13-14,17,28H,5-12,15H2,1-4H3,(H,34,35)(H,31,36,37). The van der Waals surface area contributed by atoms with Crippen molar-refractivity contribution in [3.05, 3.63) is 38.5 Å². The van der Waals surface area contributed by atoms with Crippen molar-refractivity contribution in [3.8, 4) is 11.5 Å². The number of aromatic amines is 1. The van der Waals surface area contributed by atoms with Gasteiger partial charge in [-0.3, -0.25) is 14.6 Å². The molecule has 1 unspecified atom stereocenters. The van der Waals surface area contributed by atoms with E-state index >= 15 is 0 Å². The van der Waals surface area contributed by atoms with Gasteiger partial charge in [0.15, 0.2) is 11.5 Å². The fraction of sp³-hybridized carbons (Fsp3) is 0.556. The molecule has 3 N–H and O–H groups in total. The first-order valence-corrected chi connectivity index (χ1v) is 13.3. The second-order valence-corrected chi connectivity index (χ2v) is 11.1. The highest BCUT2D eigenvalue weighted by atomic mass is 16.6. The number of anilines is 1. The summed E-state index contributed by atoms with van der Waals surface area (Å²) >= 11 is 0. The number of carbonyl (C=O) groups is 2. The van der Waals surface area contributed by atoms with Gasteiger partial charge in [0, 0.05) is 37.8 Å². The molecule has 0 aliphatic carbocycles. The van der Waals surface area contributed by atoms with Crippen LogP contribution in [0.5, 0.6) is 0 Å². The van der Waals surface area contributed by atoms with Gasteiger partial charge in [0.2, 0.25) is 0 Å². The number of benzene rings is 1. The molecule has 1 saturated heterocycles. The summed E-state index contributed by atoms with van der Waals surface area (Å²) in [7, 11) is 0. The molecule has 1 fully saturated rings. The molecule has 1 amide bonds. The summed E-state index contributed by atoms with van der Waals surface area (Å²) in [6.45, 7) is 9.06. The monoisotopic (exact) mass is 540 g/mol. The lowest BCUT2D eigenvalue weighted by molar-refractivity contribution is -0.137. The number of carboxylic acid groups (broad SMARTS) is 1. The van der Waals surface area contributed by atoms with E-state index in [0.29, 0.717) is 38.0 Å². The Labute approximate surface area is 225 Å². The van der Waals surface area contributed by atoms with Crippen molar-refractivity contribution in [1.29, 1.82) is 0 Å². The average molecular weight is 541 g/mol.